The zero-order valence-corrected chi connectivity index (χ0v) is 16.6. The van der Waals surface area contributed by atoms with Crippen LogP contribution in [0.5, 0.6) is 0 Å². The minimum atomic E-state index is -0.532. The molecule has 2 aromatic rings. The Kier molecular flexibility index (Phi) is 6.94. The van der Waals surface area contributed by atoms with E-state index in [2.05, 4.69) is 57.3 Å². The van der Waals surface area contributed by atoms with Gasteiger partial charge in [0.2, 0.25) is 0 Å². The zero-order valence-electron chi connectivity index (χ0n) is 15.8. The van der Waals surface area contributed by atoms with Gasteiger partial charge in [0.05, 0.1) is 5.56 Å². The Morgan fingerprint density at radius 2 is 1.69 bits per heavy atom. The Balaban J connectivity index is 2.00. The molecular weight excluding hydrogens is 346 g/mol. The lowest BCUT2D eigenvalue weighted by Crippen LogP contribution is -2.88. The topological polar surface area (TPSA) is 88.8 Å². The Hall–Kier alpha value is -2.18. The molecule has 0 radical (unpaired) electrons. The molecule has 0 fully saturated rings. The highest BCUT2D eigenvalue weighted by molar-refractivity contribution is 7.14. The fraction of sp³-hybridized carbons (Fsp3) is 0.400. The highest BCUT2D eigenvalue weighted by Crippen LogP contribution is 2.23. The van der Waals surface area contributed by atoms with Gasteiger partial charge in [-0.1, -0.05) is 52.0 Å². The molecule has 0 aliphatic heterocycles. The number of benzene rings is 1. The number of nitrogens with two attached hydrogens (primary N) is 2. The van der Waals surface area contributed by atoms with Crippen molar-refractivity contribution in [3.05, 3.63) is 52.4 Å². The molecule has 26 heavy (non-hydrogen) atoms. The predicted molar refractivity (Wildman–Crippen MR) is 106 cm³/mol. The van der Waals surface area contributed by atoms with Crippen LogP contribution in [0.2, 0.25) is 0 Å². The minimum Gasteiger partial charge on any atom is -0.366 e. The van der Waals surface area contributed by atoms with Gasteiger partial charge in [0.1, 0.15) is 11.0 Å². The van der Waals surface area contributed by atoms with Gasteiger partial charge >= 0.3 is 0 Å². The predicted octanol–water partition coefficient (Wildman–Crippen LogP) is 2.87. The zero-order chi connectivity index (χ0) is 19.3. The second kappa shape index (κ2) is 8.96. The van der Waals surface area contributed by atoms with Gasteiger partial charge in [0.25, 0.3) is 11.8 Å². The third kappa shape index (κ3) is 5.16. The number of carbonyl (C=O) groups excluding carboxylic acids is 2. The van der Waals surface area contributed by atoms with Crippen LogP contribution >= 0.6 is 11.3 Å². The van der Waals surface area contributed by atoms with E-state index in [9.17, 15) is 9.59 Å². The Morgan fingerprint density at radius 3 is 2.23 bits per heavy atom. The maximum Gasteiger partial charge on any atom is 0.280 e. The smallest absolute Gasteiger partial charge is 0.280 e. The summed E-state index contributed by atoms with van der Waals surface area (Å²) in [5.74, 6) is 0.215. The van der Waals surface area contributed by atoms with Crippen molar-refractivity contribution in [3.63, 3.8) is 0 Å². The molecule has 0 saturated heterocycles. The van der Waals surface area contributed by atoms with Crippen molar-refractivity contribution in [2.75, 3.05) is 11.9 Å². The normalized spacial score (nSPS) is 12.4. The maximum atomic E-state index is 12.3. The first-order valence-electron chi connectivity index (χ1n) is 8.90. The number of anilines is 1. The van der Waals surface area contributed by atoms with E-state index in [-0.39, 0.29) is 18.5 Å². The van der Waals surface area contributed by atoms with Crippen LogP contribution < -0.4 is 16.4 Å². The summed E-state index contributed by atoms with van der Waals surface area (Å²) in [4.78, 5) is 23.6. The van der Waals surface area contributed by atoms with Crippen molar-refractivity contribution in [1.29, 1.82) is 0 Å². The summed E-state index contributed by atoms with van der Waals surface area (Å²) in [6.07, 6.45) is 0. The Bertz CT molecular complexity index is 751. The van der Waals surface area contributed by atoms with Crippen molar-refractivity contribution >= 4 is 28.2 Å². The maximum absolute atomic E-state index is 12.3. The number of thiophene rings is 1. The molecule has 0 aliphatic carbocycles. The highest BCUT2D eigenvalue weighted by atomic mass is 32.1. The summed E-state index contributed by atoms with van der Waals surface area (Å²) < 4.78 is 0. The lowest BCUT2D eigenvalue weighted by atomic mass is 9.93. The number of nitrogens with one attached hydrogen (secondary N) is 1. The number of amides is 2. The molecule has 5 N–H and O–H groups in total. The van der Waals surface area contributed by atoms with E-state index in [0.717, 1.165) is 0 Å². The van der Waals surface area contributed by atoms with Gasteiger partial charge in [-0.3, -0.25) is 9.59 Å². The van der Waals surface area contributed by atoms with Crippen LogP contribution in [0.4, 0.5) is 5.00 Å². The number of hydrogen-bond acceptors (Lipinski definition) is 3. The quantitative estimate of drug-likeness (QED) is 0.663. The standard InChI is InChI=1S/C20H27N3O2S/c1-12(2)14-5-7-15(8-6-14)18(13(3)4)22-11-17(24)23-20-16(19(21)25)9-10-26-20/h5-10,12-13,18,22H,11H2,1-4H3,(H2,21,25)(H,23,24)/p+1/t18-/m1/s1. The van der Waals surface area contributed by atoms with Crippen LogP contribution in [0.1, 0.15) is 61.1 Å². The van der Waals surface area contributed by atoms with Crippen molar-refractivity contribution in [2.45, 2.75) is 39.7 Å². The van der Waals surface area contributed by atoms with E-state index in [0.29, 0.717) is 22.4 Å². The molecule has 140 valence electrons. The summed E-state index contributed by atoms with van der Waals surface area (Å²) in [5.41, 5.74) is 8.19. The molecule has 2 amide bonds. The molecule has 0 bridgehead atoms. The lowest BCUT2D eigenvalue weighted by molar-refractivity contribution is -0.692. The number of primary amides is 1. The van der Waals surface area contributed by atoms with Crippen molar-refractivity contribution in [1.82, 2.24) is 0 Å². The third-order valence-corrected chi connectivity index (χ3v) is 5.28. The van der Waals surface area contributed by atoms with Crippen molar-refractivity contribution in [2.24, 2.45) is 11.7 Å². The van der Waals surface area contributed by atoms with Crippen LogP contribution in [0.3, 0.4) is 0 Å². The van der Waals surface area contributed by atoms with Gasteiger partial charge in [-0.25, -0.2) is 0 Å². The first-order valence-corrected chi connectivity index (χ1v) is 9.77. The second-order valence-electron chi connectivity index (χ2n) is 7.11. The summed E-state index contributed by atoms with van der Waals surface area (Å²) in [5, 5.41) is 7.09. The molecule has 2 rings (SSSR count). The van der Waals surface area contributed by atoms with Crippen LogP contribution in [0, 0.1) is 5.92 Å². The molecule has 1 atom stereocenters. The third-order valence-electron chi connectivity index (χ3n) is 4.45. The molecule has 1 aromatic carbocycles. The number of carbonyl (C=O) groups is 2. The van der Waals surface area contributed by atoms with Gasteiger partial charge < -0.3 is 16.4 Å². The molecule has 5 nitrogen and oxygen atoms in total. The summed E-state index contributed by atoms with van der Waals surface area (Å²) >= 11 is 1.30. The van der Waals surface area contributed by atoms with Crippen LogP contribution in [0.15, 0.2) is 35.7 Å². The summed E-state index contributed by atoms with van der Waals surface area (Å²) in [7, 11) is 0. The average Bonchev–Trinajstić information content (AvgIpc) is 3.03. The average molecular weight is 375 g/mol. The molecular formula is C20H28N3O2S+. The SMILES string of the molecule is CC(C)c1ccc([C@H]([NH2+]CC(=O)Nc2sccc2C(N)=O)C(C)C)cc1. The Labute approximate surface area is 159 Å². The second-order valence-corrected chi connectivity index (χ2v) is 8.02. The Morgan fingerprint density at radius 1 is 1.08 bits per heavy atom. The van der Waals surface area contributed by atoms with Gasteiger partial charge in [0, 0.05) is 11.5 Å². The fourth-order valence-corrected chi connectivity index (χ4v) is 3.72. The monoisotopic (exact) mass is 374 g/mol. The van der Waals surface area contributed by atoms with E-state index in [4.69, 9.17) is 5.73 Å². The van der Waals surface area contributed by atoms with Crippen LogP contribution in [-0.2, 0) is 4.79 Å². The number of hydrogen-bond donors (Lipinski definition) is 3. The highest BCUT2D eigenvalue weighted by Gasteiger charge is 2.21. The first-order chi connectivity index (χ1) is 12.3. The number of rotatable bonds is 8. The van der Waals surface area contributed by atoms with Crippen LogP contribution in [-0.4, -0.2) is 18.4 Å². The van der Waals surface area contributed by atoms with E-state index in [1.807, 2.05) is 5.32 Å². The van der Waals surface area contributed by atoms with Crippen molar-refractivity contribution in [3.8, 4) is 0 Å². The van der Waals surface area contributed by atoms with Gasteiger partial charge in [-0.05, 0) is 22.9 Å². The van der Waals surface area contributed by atoms with E-state index in [1.54, 1.807) is 11.4 Å². The van der Waals surface area contributed by atoms with Crippen molar-refractivity contribution < 1.29 is 14.9 Å². The van der Waals surface area contributed by atoms with E-state index < -0.39 is 5.91 Å². The molecule has 1 heterocycles. The molecule has 0 aliphatic rings. The molecule has 1 aromatic heterocycles. The number of quaternary nitrogens is 1. The molecule has 0 saturated carbocycles. The van der Waals surface area contributed by atoms with E-state index >= 15 is 0 Å². The summed E-state index contributed by atoms with van der Waals surface area (Å²) in [6.45, 7) is 8.94. The fourth-order valence-electron chi connectivity index (χ4n) is 2.91. The van der Waals surface area contributed by atoms with Gasteiger partial charge in [-0.15, -0.1) is 11.3 Å². The summed E-state index contributed by atoms with van der Waals surface area (Å²) in [6, 6.07) is 10.4. The van der Waals surface area contributed by atoms with Gasteiger partial charge in [0.15, 0.2) is 6.54 Å². The first kappa shape index (κ1) is 20.1. The minimum absolute atomic E-state index is 0.139. The van der Waals surface area contributed by atoms with E-state index in [1.165, 1.54) is 22.5 Å². The molecule has 6 heteroatoms. The van der Waals surface area contributed by atoms with Crippen LogP contribution in [0.25, 0.3) is 0 Å². The van der Waals surface area contributed by atoms with Gasteiger partial charge in [-0.2, -0.15) is 0 Å². The molecule has 0 unspecified atom stereocenters. The lowest BCUT2D eigenvalue weighted by Gasteiger charge is -2.20. The molecule has 0 spiro atoms. The largest absolute Gasteiger partial charge is 0.366 e.